The summed E-state index contributed by atoms with van der Waals surface area (Å²) in [4.78, 5) is 0. The molecule has 0 amide bonds. The zero-order valence-electron chi connectivity index (χ0n) is 36.0. The lowest BCUT2D eigenvalue weighted by Crippen LogP contribution is -1.91. The standard InChI is InChI=1S/C48H30O/c1-2-11-31(12-3-1)36-23-25-45-43(29-36)44-30-38(24-26-46(44)49-45)48-41-19-8-6-17-39(41)47(40-18-7-9-20-42(40)48)37-16-10-15-34(28-37)35-22-21-32-13-4-5-14-33(32)27-35/h1-30H/i1D,2D,3D,11D,12D,23D,24D,25D,26D,29D. The van der Waals surface area contributed by atoms with Gasteiger partial charge in [-0.25, -0.2) is 0 Å². The van der Waals surface area contributed by atoms with Crippen LogP contribution >= 0.6 is 0 Å². The highest BCUT2D eigenvalue weighted by Crippen LogP contribution is 2.45. The highest BCUT2D eigenvalue weighted by atomic mass is 16.3. The fraction of sp³-hybridized carbons (Fsp3) is 0. The van der Waals surface area contributed by atoms with E-state index in [0.29, 0.717) is 11.1 Å². The average Bonchev–Trinajstić information content (AvgIpc) is 3.66. The van der Waals surface area contributed by atoms with E-state index in [1.807, 2.05) is 48.5 Å². The Kier molecular flexibility index (Phi) is 4.39. The minimum absolute atomic E-state index is 0.0493. The van der Waals surface area contributed by atoms with Crippen molar-refractivity contribution in [3.63, 3.8) is 0 Å². The Morgan fingerprint density at radius 3 is 1.67 bits per heavy atom. The summed E-state index contributed by atoms with van der Waals surface area (Å²) in [6.45, 7) is 0. The maximum absolute atomic E-state index is 9.40. The zero-order chi connectivity index (χ0) is 41.0. The van der Waals surface area contributed by atoms with E-state index in [-0.39, 0.29) is 51.2 Å². The lowest BCUT2D eigenvalue weighted by atomic mass is 9.85. The first-order valence-electron chi connectivity index (χ1n) is 21.0. The molecule has 49 heavy (non-hydrogen) atoms. The molecular weight excluding hydrogens is 593 g/mol. The fourth-order valence-corrected chi connectivity index (χ4v) is 7.05. The van der Waals surface area contributed by atoms with E-state index < -0.39 is 42.3 Å². The van der Waals surface area contributed by atoms with Crippen molar-refractivity contribution in [3.8, 4) is 44.5 Å². The first kappa shape index (κ1) is 19.4. The quantitative estimate of drug-likeness (QED) is 0.176. The smallest absolute Gasteiger partial charge is 0.135 e. The molecule has 0 saturated heterocycles. The molecular formula is C48H30O. The van der Waals surface area contributed by atoms with Gasteiger partial charge in [0.25, 0.3) is 0 Å². The molecule has 0 bridgehead atoms. The van der Waals surface area contributed by atoms with Crippen LogP contribution in [0.2, 0.25) is 0 Å². The number of benzene rings is 9. The van der Waals surface area contributed by atoms with Crippen molar-refractivity contribution in [2.75, 3.05) is 0 Å². The van der Waals surface area contributed by atoms with Crippen molar-refractivity contribution in [1.29, 1.82) is 0 Å². The van der Waals surface area contributed by atoms with Gasteiger partial charge in [0.15, 0.2) is 0 Å². The average molecular weight is 633 g/mol. The number of hydrogen-bond donors (Lipinski definition) is 0. The minimum Gasteiger partial charge on any atom is -0.456 e. The highest BCUT2D eigenvalue weighted by Gasteiger charge is 2.18. The van der Waals surface area contributed by atoms with Crippen LogP contribution in [0.4, 0.5) is 0 Å². The molecule has 10 aromatic rings. The Hall–Kier alpha value is -6.44. The molecule has 1 nitrogen and oxygen atoms in total. The number of rotatable bonds is 4. The minimum atomic E-state index is -0.624. The van der Waals surface area contributed by atoms with Crippen LogP contribution in [0.5, 0.6) is 0 Å². The van der Waals surface area contributed by atoms with E-state index in [9.17, 15) is 4.11 Å². The lowest BCUT2D eigenvalue weighted by molar-refractivity contribution is 0.669. The van der Waals surface area contributed by atoms with Crippen LogP contribution in [0, 0.1) is 0 Å². The maximum Gasteiger partial charge on any atom is 0.135 e. The van der Waals surface area contributed by atoms with Gasteiger partial charge in [0.05, 0.1) is 13.7 Å². The molecule has 1 aromatic heterocycles. The third-order valence-corrected chi connectivity index (χ3v) is 9.28. The van der Waals surface area contributed by atoms with Crippen LogP contribution in [0.1, 0.15) is 13.7 Å². The normalized spacial score (nSPS) is 14.5. The second-order valence-electron chi connectivity index (χ2n) is 12.1. The Balaban J connectivity index is 1.25. The first-order valence-corrected chi connectivity index (χ1v) is 16.0. The van der Waals surface area contributed by atoms with Gasteiger partial charge in [-0.1, -0.05) is 145 Å². The Morgan fingerprint density at radius 2 is 0.939 bits per heavy atom. The summed E-state index contributed by atoms with van der Waals surface area (Å²) in [5.74, 6) is 0. The molecule has 10 rings (SSSR count). The van der Waals surface area contributed by atoms with Gasteiger partial charge in [-0.05, 0) is 113 Å². The largest absolute Gasteiger partial charge is 0.456 e. The summed E-state index contributed by atoms with van der Waals surface area (Å²) in [6, 6.07) is 35.9. The maximum atomic E-state index is 9.40. The molecule has 1 heterocycles. The molecule has 1 heteroatoms. The van der Waals surface area contributed by atoms with Gasteiger partial charge in [-0.2, -0.15) is 0 Å². The third kappa shape index (κ3) is 4.55. The Bertz CT molecular complexity index is 3370. The van der Waals surface area contributed by atoms with Crippen LogP contribution in [-0.2, 0) is 0 Å². The van der Waals surface area contributed by atoms with Gasteiger partial charge in [0.1, 0.15) is 11.2 Å². The molecule has 0 aliphatic rings. The lowest BCUT2D eigenvalue weighted by Gasteiger charge is -2.18. The molecule has 0 aliphatic heterocycles. The Morgan fingerprint density at radius 1 is 0.347 bits per heavy atom. The molecule has 0 saturated carbocycles. The number of hydrogen-bond acceptors (Lipinski definition) is 1. The number of furan rings is 1. The van der Waals surface area contributed by atoms with Gasteiger partial charge >= 0.3 is 0 Å². The van der Waals surface area contributed by atoms with Gasteiger partial charge < -0.3 is 4.42 Å². The summed E-state index contributed by atoms with van der Waals surface area (Å²) < 4.78 is 93.7. The summed E-state index contributed by atoms with van der Waals surface area (Å²) in [7, 11) is 0. The molecule has 0 spiro atoms. The van der Waals surface area contributed by atoms with Crippen LogP contribution < -0.4 is 0 Å². The van der Waals surface area contributed by atoms with E-state index >= 15 is 0 Å². The van der Waals surface area contributed by atoms with Gasteiger partial charge in [-0.15, -0.1) is 0 Å². The second-order valence-corrected chi connectivity index (χ2v) is 12.1. The monoisotopic (exact) mass is 632 g/mol. The van der Waals surface area contributed by atoms with Crippen LogP contribution in [0.15, 0.2) is 186 Å². The SMILES string of the molecule is [2H]c1c([2H])c([2H])c(-c2c([2H])c([2H])c3oc4c([2H])c([2H])c(-c5c6ccccc6c(-c6cccc(-c7ccc8ccccc8c7)c6)c6ccccc56)cc4c3c2[2H])c([2H])c1[2H]. The number of fused-ring (bicyclic) bond motifs is 6. The zero-order valence-corrected chi connectivity index (χ0v) is 26.0. The van der Waals surface area contributed by atoms with E-state index in [1.165, 1.54) is 5.39 Å². The van der Waals surface area contributed by atoms with Gasteiger partial charge in [-0.3, -0.25) is 0 Å². The van der Waals surface area contributed by atoms with Crippen molar-refractivity contribution in [3.05, 3.63) is 182 Å². The van der Waals surface area contributed by atoms with Crippen LogP contribution in [0.25, 0.3) is 98.8 Å². The molecule has 0 atom stereocenters. The van der Waals surface area contributed by atoms with Crippen molar-refractivity contribution in [2.24, 2.45) is 0 Å². The topological polar surface area (TPSA) is 13.1 Å². The van der Waals surface area contributed by atoms with E-state index in [0.717, 1.165) is 49.2 Å². The summed E-state index contributed by atoms with van der Waals surface area (Å²) in [5.41, 5.74) is 4.37. The third-order valence-electron chi connectivity index (χ3n) is 9.28. The van der Waals surface area contributed by atoms with Crippen molar-refractivity contribution in [2.45, 2.75) is 0 Å². The van der Waals surface area contributed by atoms with Gasteiger partial charge in [0, 0.05) is 10.8 Å². The predicted octanol–water partition coefficient (Wildman–Crippen LogP) is 13.7. The van der Waals surface area contributed by atoms with E-state index in [2.05, 4.69) is 66.7 Å². The second kappa shape index (κ2) is 11.1. The molecule has 0 N–H and O–H groups in total. The fourth-order valence-electron chi connectivity index (χ4n) is 7.05. The summed E-state index contributed by atoms with van der Waals surface area (Å²) in [6.07, 6.45) is 0. The van der Waals surface area contributed by atoms with E-state index in [4.69, 9.17) is 14.0 Å². The van der Waals surface area contributed by atoms with Crippen LogP contribution in [-0.4, -0.2) is 0 Å². The van der Waals surface area contributed by atoms with Gasteiger partial charge in [0.2, 0.25) is 0 Å². The molecule has 228 valence electrons. The van der Waals surface area contributed by atoms with Crippen molar-refractivity contribution < 1.29 is 18.1 Å². The van der Waals surface area contributed by atoms with Crippen LogP contribution in [0.3, 0.4) is 0 Å². The Labute approximate surface area is 298 Å². The highest BCUT2D eigenvalue weighted by molar-refractivity contribution is 6.22. The van der Waals surface area contributed by atoms with Crippen molar-refractivity contribution >= 4 is 54.3 Å². The van der Waals surface area contributed by atoms with Crippen molar-refractivity contribution in [1.82, 2.24) is 0 Å². The molecule has 0 fully saturated rings. The molecule has 0 unspecified atom stereocenters. The first-order chi connectivity index (χ1) is 28.5. The molecule has 9 aromatic carbocycles. The molecule has 0 radical (unpaired) electrons. The van der Waals surface area contributed by atoms with E-state index in [1.54, 1.807) is 6.07 Å². The predicted molar refractivity (Wildman–Crippen MR) is 208 cm³/mol. The molecule has 0 aliphatic carbocycles. The summed E-state index contributed by atoms with van der Waals surface area (Å²) >= 11 is 0. The summed E-state index contributed by atoms with van der Waals surface area (Å²) in [5, 5.41) is 6.13.